The van der Waals surface area contributed by atoms with Gasteiger partial charge in [0, 0.05) is 62.3 Å². The second kappa shape index (κ2) is 8.21. The van der Waals surface area contributed by atoms with Crippen LogP contribution in [0.2, 0.25) is 0 Å². The van der Waals surface area contributed by atoms with E-state index in [9.17, 15) is 37.6 Å². The van der Waals surface area contributed by atoms with E-state index in [0.717, 1.165) is 0 Å². The minimum Gasteiger partial charge on any atom is -0.313 e. The molecule has 3 aliphatic heterocycles. The summed E-state index contributed by atoms with van der Waals surface area (Å²) in [4.78, 5) is 56.0. The number of imide groups is 2. The fraction of sp³-hybridized carbons (Fsp3) is 0.310. The zero-order chi connectivity index (χ0) is 29.0. The molecule has 0 unspecified atom stereocenters. The molecule has 1 fully saturated rings. The molecule has 3 heterocycles. The summed E-state index contributed by atoms with van der Waals surface area (Å²) in [6.45, 7) is 7.26. The highest BCUT2D eigenvalue weighted by atomic mass is 19.1. The monoisotopic (exact) mass is 551 g/mol. The number of piperidine rings is 1. The first-order valence-electron chi connectivity index (χ1n) is 12.7. The number of hydrogen-bond donors (Lipinski definition) is 1. The van der Waals surface area contributed by atoms with Gasteiger partial charge in [-0.05, 0) is 64.8 Å². The number of hydroxylamine groups is 2. The highest BCUT2D eigenvalue weighted by molar-refractivity contribution is 6.39. The summed E-state index contributed by atoms with van der Waals surface area (Å²) < 4.78 is 42.8. The number of anilines is 1. The van der Waals surface area contributed by atoms with Crippen LogP contribution < -0.4 is 4.90 Å². The zero-order valence-electron chi connectivity index (χ0n) is 22.0. The lowest BCUT2D eigenvalue weighted by Crippen LogP contribution is -2.64. The number of amides is 4. The minimum atomic E-state index is -1.44. The van der Waals surface area contributed by atoms with Gasteiger partial charge in [-0.1, -0.05) is 0 Å². The third-order valence-corrected chi connectivity index (χ3v) is 8.11. The average molecular weight is 552 g/mol. The Balaban J connectivity index is 1.49. The minimum absolute atomic E-state index is 0.0383. The van der Waals surface area contributed by atoms with E-state index in [0.29, 0.717) is 29.9 Å². The summed E-state index contributed by atoms with van der Waals surface area (Å²) in [7, 11) is 0. The molecule has 0 aromatic heterocycles. The van der Waals surface area contributed by atoms with Crippen molar-refractivity contribution in [3.05, 3.63) is 76.1 Å². The molecule has 40 heavy (non-hydrogen) atoms. The summed E-state index contributed by atoms with van der Waals surface area (Å²) in [6.07, 6.45) is 0.611. The van der Waals surface area contributed by atoms with Gasteiger partial charge in [0.15, 0.2) is 11.6 Å². The lowest BCUT2D eigenvalue weighted by atomic mass is 9.77. The summed E-state index contributed by atoms with van der Waals surface area (Å²) in [5, 5.41) is 12.1. The van der Waals surface area contributed by atoms with Gasteiger partial charge >= 0.3 is 0 Å². The Morgan fingerprint density at radius 1 is 0.700 bits per heavy atom. The quantitative estimate of drug-likeness (QED) is 0.447. The average Bonchev–Trinajstić information content (AvgIpc) is 2.85. The summed E-state index contributed by atoms with van der Waals surface area (Å²) in [6, 6.07) is 5.45. The topological polar surface area (TPSA) is 98.2 Å². The van der Waals surface area contributed by atoms with Crippen LogP contribution in [-0.2, 0) is 0 Å². The van der Waals surface area contributed by atoms with Crippen LogP contribution in [-0.4, -0.2) is 55.9 Å². The molecule has 1 saturated heterocycles. The van der Waals surface area contributed by atoms with Crippen molar-refractivity contribution >= 4 is 40.1 Å². The van der Waals surface area contributed by atoms with Crippen LogP contribution in [0.25, 0.3) is 10.8 Å². The lowest BCUT2D eigenvalue weighted by molar-refractivity contribution is -0.249. The van der Waals surface area contributed by atoms with Crippen LogP contribution in [0.1, 0.15) is 82.0 Å². The molecular weight excluding hydrogens is 527 g/mol. The Morgan fingerprint density at radius 3 is 1.48 bits per heavy atom. The molecule has 11 heteroatoms. The van der Waals surface area contributed by atoms with Gasteiger partial charge in [-0.15, -0.1) is 0 Å². The van der Waals surface area contributed by atoms with Gasteiger partial charge in [0.25, 0.3) is 23.6 Å². The molecule has 3 aromatic rings. The van der Waals surface area contributed by atoms with Crippen molar-refractivity contribution in [1.82, 2.24) is 9.96 Å². The first-order valence-corrected chi connectivity index (χ1v) is 12.7. The van der Waals surface area contributed by atoms with Gasteiger partial charge < -0.3 is 5.21 Å². The standard InChI is InChI=1S/C29H24F3N3O5/c1-28(2)11-14(12-29(3,4)35(28)40)33-24(36)15-5-7-17-22-18(8-6-16(21(15)22)25(33)37)27(39)34(26(17)38)23-19(31)9-13(30)10-20(23)32/h5-10,14,40H,11-12H2,1-4H3. The van der Waals surface area contributed by atoms with Crippen molar-refractivity contribution in [2.75, 3.05) is 4.90 Å². The first-order chi connectivity index (χ1) is 18.7. The summed E-state index contributed by atoms with van der Waals surface area (Å²) in [5.74, 6) is -7.46. The maximum absolute atomic E-state index is 14.6. The van der Waals surface area contributed by atoms with E-state index in [1.807, 2.05) is 27.7 Å². The highest BCUT2D eigenvalue weighted by Gasteiger charge is 2.50. The molecule has 0 saturated carbocycles. The molecule has 3 aromatic carbocycles. The molecule has 0 radical (unpaired) electrons. The number of carbonyl (C=O) groups excluding carboxylic acids is 4. The molecule has 0 spiro atoms. The first kappa shape index (κ1) is 26.1. The Hall–Kier alpha value is -4.09. The van der Waals surface area contributed by atoms with Gasteiger partial charge in [-0.3, -0.25) is 24.1 Å². The molecule has 6 rings (SSSR count). The molecule has 206 valence electrons. The van der Waals surface area contributed by atoms with Gasteiger partial charge in [-0.25, -0.2) is 18.1 Å². The Bertz CT molecular complexity index is 1600. The number of benzene rings is 3. The van der Waals surface area contributed by atoms with Crippen LogP contribution in [0, 0.1) is 17.5 Å². The largest absolute Gasteiger partial charge is 0.313 e. The van der Waals surface area contributed by atoms with E-state index >= 15 is 0 Å². The van der Waals surface area contributed by atoms with Crippen molar-refractivity contribution in [1.29, 1.82) is 0 Å². The highest BCUT2D eigenvalue weighted by Crippen LogP contribution is 2.44. The SMILES string of the molecule is CC1(C)CC(N2C(=O)c3ccc4c5c(ccc(c35)C2=O)C(=O)N(c2c(F)cc(F)cc2F)C4=O)CC(C)(C)N1O. The van der Waals surface area contributed by atoms with Crippen LogP contribution in [0.3, 0.4) is 0 Å². The molecule has 3 aliphatic rings. The molecule has 0 aliphatic carbocycles. The van der Waals surface area contributed by atoms with Gasteiger partial charge in [0.1, 0.15) is 11.5 Å². The number of hydrogen-bond acceptors (Lipinski definition) is 6. The lowest BCUT2D eigenvalue weighted by Gasteiger charge is -2.53. The van der Waals surface area contributed by atoms with Crippen molar-refractivity contribution in [3.63, 3.8) is 0 Å². The van der Waals surface area contributed by atoms with E-state index in [2.05, 4.69) is 0 Å². The molecule has 8 nitrogen and oxygen atoms in total. The second-order valence-corrected chi connectivity index (χ2v) is 11.7. The van der Waals surface area contributed by atoms with E-state index in [4.69, 9.17) is 0 Å². The fourth-order valence-electron chi connectivity index (χ4n) is 6.58. The summed E-state index contributed by atoms with van der Waals surface area (Å²) >= 11 is 0. The Kier molecular flexibility index (Phi) is 5.37. The maximum atomic E-state index is 14.6. The Labute approximate surface area is 226 Å². The van der Waals surface area contributed by atoms with Gasteiger partial charge in [0.2, 0.25) is 0 Å². The number of carbonyl (C=O) groups is 4. The van der Waals surface area contributed by atoms with E-state index in [1.54, 1.807) is 0 Å². The van der Waals surface area contributed by atoms with Crippen LogP contribution in [0.5, 0.6) is 0 Å². The predicted molar refractivity (Wildman–Crippen MR) is 137 cm³/mol. The van der Waals surface area contributed by atoms with Crippen LogP contribution in [0.4, 0.5) is 18.9 Å². The predicted octanol–water partition coefficient (Wildman–Crippen LogP) is 5.06. The maximum Gasteiger partial charge on any atom is 0.266 e. The Morgan fingerprint density at radius 2 is 1.07 bits per heavy atom. The zero-order valence-corrected chi connectivity index (χ0v) is 22.0. The van der Waals surface area contributed by atoms with Crippen molar-refractivity contribution < 1.29 is 37.6 Å². The molecule has 0 bridgehead atoms. The van der Waals surface area contributed by atoms with Gasteiger partial charge in [0.05, 0.1) is 0 Å². The second-order valence-electron chi connectivity index (χ2n) is 11.7. The van der Waals surface area contributed by atoms with Crippen LogP contribution in [0.15, 0.2) is 36.4 Å². The van der Waals surface area contributed by atoms with Crippen molar-refractivity contribution in [2.45, 2.75) is 57.7 Å². The third kappa shape index (κ3) is 3.40. The summed E-state index contributed by atoms with van der Waals surface area (Å²) in [5.41, 5.74) is -2.58. The van der Waals surface area contributed by atoms with E-state index in [-0.39, 0.29) is 33.0 Å². The molecule has 1 N–H and O–H groups in total. The number of nitrogens with zero attached hydrogens (tertiary/aromatic N) is 3. The van der Waals surface area contributed by atoms with Crippen molar-refractivity contribution in [3.8, 4) is 0 Å². The molecule has 4 amide bonds. The van der Waals surface area contributed by atoms with Crippen molar-refractivity contribution in [2.24, 2.45) is 0 Å². The third-order valence-electron chi connectivity index (χ3n) is 8.11. The van der Waals surface area contributed by atoms with Crippen LogP contribution >= 0.6 is 0 Å². The van der Waals surface area contributed by atoms with E-state index in [1.165, 1.54) is 34.2 Å². The van der Waals surface area contributed by atoms with E-state index < -0.39 is 63.9 Å². The molecule has 0 atom stereocenters. The fourth-order valence-corrected chi connectivity index (χ4v) is 6.58. The molecular formula is C29H24F3N3O5. The number of halogens is 3. The number of rotatable bonds is 2. The van der Waals surface area contributed by atoms with Gasteiger partial charge in [-0.2, -0.15) is 5.06 Å². The normalized spacial score (nSPS) is 20.6. The smallest absolute Gasteiger partial charge is 0.266 e.